The number of benzene rings is 4. The Balaban J connectivity index is 1.93. The van der Waals surface area contributed by atoms with Crippen LogP contribution in [0.5, 0.6) is 23.0 Å². The van der Waals surface area contributed by atoms with Crippen molar-refractivity contribution in [3.05, 3.63) is 70.8 Å². The van der Waals surface area contributed by atoms with Crippen molar-refractivity contribution in [2.75, 3.05) is 105 Å². The first-order valence-corrected chi connectivity index (χ1v) is 48.1. The van der Waals surface area contributed by atoms with E-state index in [0.717, 1.165) is 61.4 Å². The van der Waals surface area contributed by atoms with E-state index in [-0.39, 0.29) is 101 Å². The van der Waals surface area contributed by atoms with Gasteiger partial charge in [-0.2, -0.15) is 0 Å². The van der Waals surface area contributed by atoms with Gasteiger partial charge in [-0.1, -0.05) is 130 Å². The number of nitrogens with one attached hydrogen (secondary N) is 4. The number of rotatable bonds is 44. The van der Waals surface area contributed by atoms with Gasteiger partial charge in [0.15, 0.2) is 0 Å². The van der Waals surface area contributed by atoms with Gasteiger partial charge in [-0.25, -0.2) is 0 Å². The Morgan fingerprint density at radius 2 is 0.398 bits per heavy atom. The summed E-state index contributed by atoms with van der Waals surface area (Å²) >= 11 is 6.43. The van der Waals surface area contributed by atoms with Gasteiger partial charge in [0, 0.05) is 0 Å². The second-order valence-electron chi connectivity index (χ2n) is 32.7. The topological polar surface area (TPSA) is 227 Å². The summed E-state index contributed by atoms with van der Waals surface area (Å²) < 4.78 is 133. The highest BCUT2D eigenvalue weighted by atomic mass is 32.2. The van der Waals surface area contributed by atoms with Gasteiger partial charge in [-0.3, -0.25) is 18.3 Å². The smallest absolute Gasteiger partial charge is 0.349 e. The lowest BCUT2D eigenvalue weighted by Gasteiger charge is -2.33. The van der Waals surface area contributed by atoms with Crippen molar-refractivity contribution >= 4 is 77.4 Å². The van der Waals surface area contributed by atoms with Crippen molar-refractivity contribution < 1.29 is 73.4 Å². The van der Waals surface area contributed by atoms with Crippen LogP contribution in [0.15, 0.2) is 87.7 Å². The van der Waals surface area contributed by atoms with Gasteiger partial charge in [-0.05, 0) is 255 Å². The van der Waals surface area contributed by atoms with Crippen LogP contribution >= 0.6 is 77.4 Å². The first-order valence-electron chi connectivity index (χ1n) is 38.7. The number of fused-ring (bicyclic) bond motifs is 8. The molecule has 8 bridgehead atoms. The molecule has 0 atom stereocenters. The average Bonchev–Trinajstić information content (AvgIpc) is 0.757. The molecule has 4 N–H and O–H groups in total. The summed E-state index contributed by atoms with van der Waals surface area (Å²) in [5.74, 6) is 2.69. The number of ether oxygens (including phenoxy) is 4. The van der Waals surface area contributed by atoms with Crippen molar-refractivity contribution in [3.8, 4) is 23.0 Å². The van der Waals surface area contributed by atoms with Crippen molar-refractivity contribution in [2.24, 2.45) is 0 Å². The predicted molar refractivity (Wildman–Crippen MR) is 449 cm³/mol. The summed E-state index contributed by atoms with van der Waals surface area (Å²) in [4.78, 5) is 6.93. The molecule has 0 aliphatic carbocycles. The fraction of sp³-hybridized carbons (Fsp3) is 0.700. The van der Waals surface area contributed by atoms with Crippen LogP contribution < -0.4 is 40.2 Å². The summed E-state index contributed by atoms with van der Waals surface area (Å²) in [5, 5.41) is 10.0. The first kappa shape index (κ1) is 96.5. The quantitative estimate of drug-likeness (QED) is 0.0210. The van der Waals surface area contributed by atoms with E-state index in [1.54, 1.807) is 47.0 Å². The third-order valence-corrected chi connectivity index (χ3v) is 33.1. The molecule has 1 aliphatic heterocycles. The molecule has 0 aromatic heterocycles. The standard InChI is InChI=1S/C80H136N4O16P4S4/c1-29-93-101(85,94-30-2)77(21,22)81-41-37-45-89-69-61-49-57(73(9,10)11)50-62(69)106-64-52-59(75(15,16)17)54-66(71(64)91-47-39-43-83-79(25,26)103(87,97-33-5)98-34-6)108-68-56-60(76(18,19)20)55-67(72(68)92-48-40-44-84-80(27,28)104(88,99-35-7)100-36-8)107-65-53-58(74(12,13)14)51-63(105-61)70(65)90-46-38-42-82-78(23,24)102(86,95-31-3)96-32-4/h49-56,81-84H,29-48H2,1-28H3. The molecule has 4 aromatic rings. The maximum Gasteiger partial charge on any atom is 0.349 e. The van der Waals surface area contributed by atoms with Crippen molar-refractivity contribution in [2.45, 2.75) is 301 Å². The summed E-state index contributed by atoms with van der Waals surface area (Å²) in [7, 11) is -14.3. The average molecular weight is 1660 g/mol. The number of hydrogen-bond donors (Lipinski definition) is 4. The van der Waals surface area contributed by atoms with Crippen LogP contribution in [0.1, 0.15) is 242 Å². The van der Waals surface area contributed by atoms with E-state index in [1.807, 2.05) is 111 Å². The van der Waals surface area contributed by atoms with Crippen LogP contribution in [0.25, 0.3) is 0 Å². The van der Waals surface area contributed by atoms with Crippen LogP contribution in [-0.2, 0) is 76.1 Å². The van der Waals surface area contributed by atoms with Gasteiger partial charge in [0.1, 0.15) is 44.1 Å². The lowest BCUT2D eigenvalue weighted by Crippen LogP contribution is -2.41. The minimum Gasteiger partial charge on any atom is -0.491 e. The zero-order valence-electron chi connectivity index (χ0n) is 70.7. The molecule has 1 heterocycles. The highest BCUT2D eigenvalue weighted by Gasteiger charge is 2.46. The minimum atomic E-state index is -3.57. The fourth-order valence-electron chi connectivity index (χ4n) is 11.4. The monoisotopic (exact) mass is 1660 g/mol. The lowest BCUT2D eigenvalue weighted by atomic mass is 9.87. The van der Waals surface area contributed by atoms with E-state index >= 15 is 0 Å². The zero-order valence-corrected chi connectivity index (χ0v) is 77.6. The van der Waals surface area contributed by atoms with E-state index in [0.29, 0.717) is 74.9 Å². The van der Waals surface area contributed by atoms with Crippen molar-refractivity contribution in [1.29, 1.82) is 0 Å². The maximum atomic E-state index is 14.3. The molecule has 28 heteroatoms. The first-order chi connectivity index (χ1) is 50.2. The van der Waals surface area contributed by atoms with Gasteiger partial charge >= 0.3 is 30.4 Å². The molecule has 1 aliphatic rings. The summed E-state index contributed by atoms with van der Waals surface area (Å²) in [6.45, 7) is 60.9. The van der Waals surface area contributed by atoms with E-state index in [4.69, 9.17) is 55.1 Å². The molecule has 0 fully saturated rings. The highest BCUT2D eigenvalue weighted by molar-refractivity contribution is 8.01. The van der Waals surface area contributed by atoms with Gasteiger partial charge in [0.05, 0.1) is 118 Å². The van der Waals surface area contributed by atoms with Crippen molar-refractivity contribution in [1.82, 2.24) is 21.3 Å². The third kappa shape index (κ3) is 26.0. The molecule has 0 unspecified atom stereocenters. The molecule has 0 spiro atoms. The Labute approximate surface area is 668 Å². The predicted octanol–water partition coefficient (Wildman–Crippen LogP) is 23.2. The molecular formula is C80H136N4O16P4S4. The minimum absolute atomic E-state index is 0.234. The molecular weight excluding hydrogens is 1530 g/mol. The summed E-state index contributed by atoms with van der Waals surface area (Å²) in [5.41, 5.74) is 2.90. The second kappa shape index (κ2) is 41.2. The van der Waals surface area contributed by atoms with Gasteiger partial charge in [0.2, 0.25) is 0 Å². The Morgan fingerprint density at radius 1 is 0.259 bits per heavy atom. The SMILES string of the molecule is CCOP(=O)(OCC)C(C)(C)NCCCOc1c2cc(C(C)(C)C)cc1Sc1cc(C(C)(C)C)cc(c1OCCCNC(C)(C)P(=O)(OCC)OCC)Sc1cc(C(C)(C)C)cc(c1OCCCNC(C)(C)P(=O)(OCC)OCC)Sc1cc(C(C)(C)C)cc(c1OCCCNC(C)(C)P(=O)(OCC)OCC)S2. The largest absolute Gasteiger partial charge is 0.491 e. The molecule has 4 aromatic carbocycles. The second-order valence-corrected chi connectivity index (χ2v) is 47.6. The van der Waals surface area contributed by atoms with Crippen LogP contribution in [-0.4, -0.2) is 127 Å². The van der Waals surface area contributed by atoms with E-state index in [2.05, 4.69) is 153 Å². The molecule has 616 valence electrons. The normalized spacial score (nSPS) is 14.2. The van der Waals surface area contributed by atoms with Gasteiger partial charge in [-0.15, -0.1) is 0 Å². The van der Waals surface area contributed by atoms with E-state index < -0.39 is 51.5 Å². The molecule has 0 saturated heterocycles. The van der Waals surface area contributed by atoms with Crippen LogP contribution in [0, 0.1) is 0 Å². The van der Waals surface area contributed by atoms with Crippen LogP contribution in [0.3, 0.4) is 0 Å². The number of hydrogen-bond acceptors (Lipinski definition) is 24. The molecule has 108 heavy (non-hydrogen) atoms. The molecule has 0 saturated carbocycles. The summed E-state index contributed by atoms with van der Waals surface area (Å²) in [6.07, 6.45) is 2.12. The molecule has 5 rings (SSSR count). The highest BCUT2D eigenvalue weighted by Crippen LogP contribution is 2.63. The van der Waals surface area contributed by atoms with Crippen LogP contribution in [0.2, 0.25) is 0 Å². The van der Waals surface area contributed by atoms with E-state index in [9.17, 15) is 18.3 Å². The molecule has 20 nitrogen and oxygen atoms in total. The summed E-state index contributed by atoms with van der Waals surface area (Å²) in [6, 6.07) is 18.1. The zero-order chi connectivity index (χ0) is 81.2. The fourth-order valence-corrected chi connectivity index (χ4v) is 23.0. The van der Waals surface area contributed by atoms with Crippen LogP contribution in [0.4, 0.5) is 0 Å². The lowest BCUT2D eigenvalue weighted by molar-refractivity contribution is 0.191. The third-order valence-electron chi connectivity index (χ3n) is 18.1. The Hall–Kier alpha value is -2.08. The van der Waals surface area contributed by atoms with Gasteiger partial charge < -0.3 is 76.4 Å². The van der Waals surface area contributed by atoms with E-state index in [1.165, 1.54) is 0 Å². The van der Waals surface area contributed by atoms with Crippen molar-refractivity contribution in [3.63, 3.8) is 0 Å². The maximum absolute atomic E-state index is 14.3. The molecule has 0 radical (unpaired) electrons. The Bertz CT molecular complexity index is 3140. The Morgan fingerprint density at radius 3 is 0.519 bits per heavy atom. The Kier molecular flexibility index (Phi) is 36.8. The molecule has 0 amide bonds. The van der Waals surface area contributed by atoms with Gasteiger partial charge in [0.25, 0.3) is 0 Å².